The van der Waals surface area contributed by atoms with Gasteiger partial charge in [-0.3, -0.25) is 19.4 Å². The average Bonchev–Trinajstić information content (AvgIpc) is 2.71. The summed E-state index contributed by atoms with van der Waals surface area (Å²) in [6, 6.07) is 8.16. The number of piperazine rings is 1. The molecule has 2 amide bonds. The number of rotatable bonds is 6. The first-order valence-corrected chi connectivity index (χ1v) is 10.1. The first-order chi connectivity index (χ1) is 13.5. The Labute approximate surface area is 167 Å². The summed E-state index contributed by atoms with van der Waals surface area (Å²) in [4.78, 5) is 33.1. The van der Waals surface area contributed by atoms with Crippen molar-refractivity contribution in [1.29, 1.82) is 0 Å². The molecule has 0 bridgehead atoms. The quantitative estimate of drug-likeness (QED) is 0.708. The summed E-state index contributed by atoms with van der Waals surface area (Å²) in [5, 5.41) is 0. The zero-order valence-corrected chi connectivity index (χ0v) is 17.1. The van der Waals surface area contributed by atoms with Crippen LogP contribution in [0, 0.1) is 6.92 Å². The molecule has 7 heteroatoms. The predicted octanol–water partition coefficient (Wildman–Crippen LogP) is 0.430. The van der Waals surface area contributed by atoms with Crippen molar-refractivity contribution in [3.63, 3.8) is 0 Å². The molecule has 0 radical (unpaired) electrons. The first kappa shape index (κ1) is 20.8. The van der Waals surface area contributed by atoms with Crippen molar-refractivity contribution in [2.45, 2.75) is 13.5 Å². The van der Waals surface area contributed by atoms with Crippen molar-refractivity contribution >= 4 is 11.8 Å². The number of likely N-dealkylation sites (N-methyl/N-ethyl adjacent to an activating group) is 1. The van der Waals surface area contributed by atoms with Gasteiger partial charge in [-0.1, -0.05) is 24.3 Å². The Morgan fingerprint density at radius 1 is 0.964 bits per heavy atom. The number of hydrogen-bond donors (Lipinski definition) is 0. The van der Waals surface area contributed by atoms with Gasteiger partial charge in [-0.25, -0.2) is 0 Å². The number of ether oxygens (including phenoxy) is 1. The molecule has 2 saturated heterocycles. The minimum absolute atomic E-state index is 0.122. The molecular formula is C21H32N4O3. The number of benzene rings is 1. The Hall–Kier alpha value is -1.96. The van der Waals surface area contributed by atoms with Crippen LogP contribution in [0.3, 0.4) is 0 Å². The Balaban J connectivity index is 1.40. The highest BCUT2D eigenvalue weighted by atomic mass is 16.5. The van der Waals surface area contributed by atoms with Crippen LogP contribution in [0.1, 0.15) is 11.1 Å². The summed E-state index contributed by atoms with van der Waals surface area (Å²) in [5.41, 5.74) is 2.38. The van der Waals surface area contributed by atoms with E-state index >= 15 is 0 Å². The monoisotopic (exact) mass is 388 g/mol. The van der Waals surface area contributed by atoms with Gasteiger partial charge in [0.15, 0.2) is 0 Å². The molecule has 0 saturated carbocycles. The third kappa shape index (κ3) is 5.77. The average molecular weight is 389 g/mol. The summed E-state index contributed by atoms with van der Waals surface area (Å²) in [6.45, 7) is 9.53. The van der Waals surface area contributed by atoms with Crippen LogP contribution in [0.25, 0.3) is 0 Å². The van der Waals surface area contributed by atoms with Gasteiger partial charge < -0.3 is 14.5 Å². The second-order valence-electron chi connectivity index (χ2n) is 7.72. The van der Waals surface area contributed by atoms with Crippen LogP contribution in [-0.2, 0) is 20.9 Å². The van der Waals surface area contributed by atoms with Crippen molar-refractivity contribution in [1.82, 2.24) is 19.6 Å². The summed E-state index contributed by atoms with van der Waals surface area (Å²) in [5.74, 6) is 0.306. The predicted molar refractivity (Wildman–Crippen MR) is 108 cm³/mol. The molecule has 0 unspecified atom stereocenters. The van der Waals surface area contributed by atoms with E-state index in [1.807, 2.05) is 24.1 Å². The van der Waals surface area contributed by atoms with Crippen molar-refractivity contribution in [3.05, 3.63) is 35.4 Å². The SMILES string of the molecule is Cc1ccccc1CN(C)C(=O)CN1CCN(C(=O)CN2CCOCC2)CC1. The Kier molecular flexibility index (Phi) is 7.42. The summed E-state index contributed by atoms with van der Waals surface area (Å²) in [6.07, 6.45) is 0. The largest absolute Gasteiger partial charge is 0.379 e. The highest BCUT2D eigenvalue weighted by Crippen LogP contribution is 2.10. The van der Waals surface area contributed by atoms with Gasteiger partial charge in [-0.15, -0.1) is 0 Å². The lowest BCUT2D eigenvalue weighted by Crippen LogP contribution is -2.53. The number of morpholine rings is 1. The van der Waals surface area contributed by atoms with E-state index in [1.165, 1.54) is 11.1 Å². The smallest absolute Gasteiger partial charge is 0.236 e. The van der Waals surface area contributed by atoms with Crippen molar-refractivity contribution in [2.24, 2.45) is 0 Å². The Morgan fingerprint density at radius 2 is 1.61 bits per heavy atom. The van der Waals surface area contributed by atoms with Gasteiger partial charge in [-0.2, -0.15) is 0 Å². The van der Waals surface area contributed by atoms with Gasteiger partial charge in [0.05, 0.1) is 26.3 Å². The van der Waals surface area contributed by atoms with E-state index in [0.717, 1.165) is 26.2 Å². The molecular weight excluding hydrogens is 356 g/mol. The highest BCUT2D eigenvalue weighted by molar-refractivity contribution is 5.79. The van der Waals surface area contributed by atoms with E-state index in [1.54, 1.807) is 4.90 Å². The molecule has 2 aliphatic heterocycles. The van der Waals surface area contributed by atoms with Crippen LogP contribution in [0.2, 0.25) is 0 Å². The van der Waals surface area contributed by atoms with Gasteiger partial charge in [0.2, 0.25) is 11.8 Å². The van der Waals surface area contributed by atoms with Crippen LogP contribution in [0.4, 0.5) is 0 Å². The van der Waals surface area contributed by atoms with E-state index in [-0.39, 0.29) is 11.8 Å². The molecule has 28 heavy (non-hydrogen) atoms. The summed E-state index contributed by atoms with van der Waals surface area (Å²) >= 11 is 0. The van der Waals surface area contributed by atoms with Crippen LogP contribution in [0.5, 0.6) is 0 Å². The summed E-state index contributed by atoms with van der Waals surface area (Å²) < 4.78 is 5.33. The van der Waals surface area contributed by atoms with Gasteiger partial charge in [-0.05, 0) is 18.1 Å². The fourth-order valence-corrected chi connectivity index (χ4v) is 3.65. The lowest BCUT2D eigenvalue weighted by Gasteiger charge is -2.36. The molecule has 0 spiro atoms. The number of amides is 2. The lowest BCUT2D eigenvalue weighted by molar-refractivity contribution is -0.136. The fourth-order valence-electron chi connectivity index (χ4n) is 3.65. The maximum atomic E-state index is 12.6. The molecule has 0 aliphatic carbocycles. The van der Waals surface area contributed by atoms with Gasteiger partial charge in [0, 0.05) is 52.9 Å². The minimum Gasteiger partial charge on any atom is -0.379 e. The molecule has 2 aliphatic rings. The maximum Gasteiger partial charge on any atom is 0.236 e. The van der Waals surface area contributed by atoms with E-state index in [2.05, 4.69) is 28.9 Å². The molecule has 2 heterocycles. The molecule has 7 nitrogen and oxygen atoms in total. The molecule has 154 valence electrons. The minimum atomic E-state index is 0.122. The van der Waals surface area contributed by atoms with Crippen molar-refractivity contribution < 1.29 is 14.3 Å². The molecule has 1 aromatic carbocycles. The number of aryl methyl sites for hydroxylation is 1. The third-order valence-electron chi connectivity index (χ3n) is 5.64. The fraction of sp³-hybridized carbons (Fsp3) is 0.619. The molecule has 0 N–H and O–H groups in total. The van der Waals surface area contributed by atoms with Crippen LogP contribution < -0.4 is 0 Å². The molecule has 3 rings (SSSR count). The number of hydrogen-bond acceptors (Lipinski definition) is 5. The standard InChI is InChI=1S/C21H32N4O3/c1-18-5-3-4-6-19(18)15-22(2)20(26)16-23-7-9-25(10-8-23)21(27)17-24-11-13-28-14-12-24/h3-6H,7-17H2,1-2H3. The number of carbonyl (C=O) groups excluding carboxylic acids is 2. The molecule has 0 atom stereocenters. The first-order valence-electron chi connectivity index (χ1n) is 10.1. The van der Waals surface area contributed by atoms with Crippen molar-refractivity contribution in [2.75, 3.05) is 72.6 Å². The zero-order chi connectivity index (χ0) is 19.9. The second-order valence-corrected chi connectivity index (χ2v) is 7.72. The summed E-state index contributed by atoms with van der Waals surface area (Å²) in [7, 11) is 1.86. The van der Waals surface area contributed by atoms with Crippen LogP contribution in [-0.4, -0.2) is 104 Å². The number of carbonyl (C=O) groups is 2. The van der Waals surface area contributed by atoms with E-state index in [4.69, 9.17) is 4.74 Å². The lowest BCUT2D eigenvalue weighted by atomic mass is 10.1. The van der Waals surface area contributed by atoms with Crippen LogP contribution >= 0.6 is 0 Å². The highest BCUT2D eigenvalue weighted by Gasteiger charge is 2.25. The second kappa shape index (κ2) is 10.0. The zero-order valence-electron chi connectivity index (χ0n) is 17.1. The molecule has 1 aromatic rings. The molecule has 2 fully saturated rings. The van der Waals surface area contributed by atoms with E-state index < -0.39 is 0 Å². The van der Waals surface area contributed by atoms with Crippen molar-refractivity contribution in [3.8, 4) is 0 Å². The van der Waals surface area contributed by atoms with Gasteiger partial charge >= 0.3 is 0 Å². The van der Waals surface area contributed by atoms with E-state index in [0.29, 0.717) is 45.9 Å². The normalized spacial score (nSPS) is 18.9. The third-order valence-corrected chi connectivity index (χ3v) is 5.64. The topological polar surface area (TPSA) is 56.3 Å². The van der Waals surface area contributed by atoms with Crippen LogP contribution in [0.15, 0.2) is 24.3 Å². The Morgan fingerprint density at radius 3 is 2.29 bits per heavy atom. The van der Waals surface area contributed by atoms with Gasteiger partial charge in [0.25, 0.3) is 0 Å². The van der Waals surface area contributed by atoms with E-state index in [9.17, 15) is 9.59 Å². The Bertz CT molecular complexity index is 667. The van der Waals surface area contributed by atoms with Gasteiger partial charge in [0.1, 0.15) is 0 Å². The molecule has 0 aromatic heterocycles. The number of nitrogens with zero attached hydrogens (tertiary/aromatic N) is 4. The maximum absolute atomic E-state index is 12.6.